The molecule has 0 saturated carbocycles. The Balaban J connectivity index is 2.02. The van der Waals surface area contributed by atoms with E-state index in [1.165, 1.54) is 11.1 Å². The van der Waals surface area contributed by atoms with Crippen LogP contribution < -0.4 is 5.32 Å². The summed E-state index contributed by atoms with van der Waals surface area (Å²) in [6.07, 6.45) is 1.71. The Bertz CT molecular complexity index is 664. The van der Waals surface area contributed by atoms with Crippen LogP contribution in [0.1, 0.15) is 37.9 Å². The van der Waals surface area contributed by atoms with Gasteiger partial charge in [0.15, 0.2) is 0 Å². The molecule has 5 heteroatoms. The monoisotopic (exact) mass is 317 g/mol. The van der Waals surface area contributed by atoms with Gasteiger partial charge in [-0.3, -0.25) is 4.79 Å². The van der Waals surface area contributed by atoms with Crippen molar-refractivity contribution in [2.75, 3.05) is 5.32 Å². The van der Waals surface area contributed by atoms with E-state index >= 15 is 0 Å². The van der Waals surface area contributed by atoms with E-state index in [4.69, 9.17) is 0 Å². The SMILES string of the molecule is Cc1ccc(S[C@H](C)C(=O)Nc2ccnn2C(C)C)cc1C. The van der Waals surface area contributed by atoms with Crippen LogP contribution in [0.15, 0.2) is 35.4 Å². The van der Waals surface area contributed by atoms with Gasteiger partial charge in [0.05, 0.1) is 11.4 Å². The minimum atomic E-state index is -0.169. The van der Waals surface area contributed by atoms with Gasteiger partial charge in [0.25, 0.3) is 0 Å². The van der Waals surface area contributed by atoms with E-state index in [1.807, 2.05) is 31.5 Å². The number of aromatic nitrogens is 2. The van der Waals surface area contributed by atoms with Crippen LogP contribution >= 0.6 is 11.8 Å². The summed E-state index contributed by atoms with van der Waals surface area (Å²) in [7, 11) is 0. The first-order valence-corrected chi connectivity index (χ1v) is 8.34. The van der Waals surface area contributed by atoms with Gasteiger partial charge >= 0.3 is 0 Å². The molecule has 0 fully saturated rings. The number of anilines is 1. The molecule has 0 spiro atoms. The Hall–Kier alpha value is -1.75. The topological polar surface area (TPSA) is 46.9 Å². The van der Waals surface area contributed by atoms with Crippen LogP contribution in [0.25, 0.3) is 0 Å². The number of hydrogen-bond donors (Lipinski definition) is 1. The summed E-state index contributed by atoms with van der Waals surface area (Å²) in [6.45, 7) is 10.2. The zero-order valence-electron chi connectivity index (χ0n) is 13.8. The van der Waals surface area contributed by atoms with Gasteiger partial charge in [-0.2, -0.15) is 5.10 Å². The molecule has 0 unspecified atom stereocenters. The zero-order chi connectivity index (χ0) is 16.3. The lowest BCUT2D eigenvalue weighted by Crippen LogP contribution is -2.24. The Kier molecular flexibility index (Phi) is 5.29. The molecule has 0 aliphatic heterocycles. The van der Waals surface area contributed by atoms with Gasteiger partial charge in [-0.25, -0.2) is 4.68 Å². The van der Waals surface area contributed by atoms with Crippen LogP contribution in [-0.2, 0) is 4.79 Å². The maximum atomic E-state index is 12.4. The molecule has 0 aliphatic rings. The zero-order valence-corrected chi connectivity index (χ0v) is 14.6. The molecule has 4 nitrogen and oxygen atoms in total. The first-order chi connectivity index (χ1) is 10.4. The van der Waals surface area contributed by atoms with Crippen LogP contribution in [0.5, 0.6) is 0 Å². The number of thioether (sulfide) groups is 1. The molecule has 118 valence electrons. The number of carbonyl (C=O) groups is 1. The molecular weight excluding hydrogens is 294 g/mol. The third kappa shape index (κ3) is 3.91. The third-order valence-electron chi connectivity index (χ3n) is 3.57. The van der Waals surface area contributed by atoms with Crippen LogP contribution in [0.4, 0.5) is 5.82 Å². The van der Waals surface area contributed by atoms with Crippen molar-refractivity contribution >= 4 is 23.5 Å². The van der Waals surface area contributed by atoms with E-state index in [-0.39, 0.29) is 17.2 Å². The highest BCUT2D eigenvalue weighted by atomic mass is 32.2. The van der Waals surface area contributed by atoms with Gasteiger partial charge < -0.3 is 5.32 Å². The number of carbonyl (C=O) groups excluding carboxylic acids is 1. The van der Waals surface area contributed by atoms with Crippen molar-refractivity contribution in [2.24, 2.45) is 0 Å². The van der Waals surface area contributed by atoms with E-state index in [9.17, 15) is 4.79 Å². The predicted octanol–water partition coefficient (Wildman–Crippen LogP) is 4.20. The van der Waals surface area contributed by atoms with E-state index in [2.05, 4.69) is 42.5 Å². The summed E-state index contributed by atoms with van der Waals surface area (Å²) < 4.78 is 1.81. The lowest BCUT2D eigenvalue weighted by Gasteiger charge is -2.15. The van der Waals surface area contributed by atoms with Gasteiger partial charge in [-0.15, -0.1) is 11.8 Å². The fraction of sp³-hybridized carbons (Fsp3) is 0.412. The molecule has 2 aromatic rings. The standard InChI is InChI=1S/C17H23N3OS/c1-11(2)20-16(8-9-18-20)19-17(21)14(5)22-15-7-6-12(3)13(4)10-15/h6-11,14H,1-5H3,(H,19,21)/t14-/m1/s1. The number of aryl methyl sites for hydroxylation is 2. The summed E-state index contributed by atoms with van der Waals surface area (Å²) in [4.78, 5) is 13.5. The first kappa shape index (κ1) is 16.6. The molecule has 2 rings (SSSR count). The minimum absolute atomic E-state index is 0.00868. The molecule has 1 aromatic carbocycles. The van der Waals surface area contributed by atoms with E-state index < -0.39 is 0 Å². The summed E-state index contributed by atoms with van der Waals surface area (Å²) >= 11 is 1.57. The van der Waals surface area contributed by atoms with Crippen molar-refractivity contribution in [3.63, 3.8) is 0 Å². The number of nitrogens with one attached hydrogen (secondary N) is 1. The van der Waals surface area contributed by atoms with Crippen LogP contribution in [0.2, 0.25) is 0 Å². The highest BCUT2D eigenvalue weighted by molar-refractivity contribution is 8.00. The molecular formula is C17H23N3OS. The van der Waals surface area contributed by atoms with Crippen LogP contribution in [0, 0.1) is 13.8 Å². The second kappa shape index (κ2) is 7.01. The number of rotatable bonds is 5. The Morgan fingerprint density at radius 1 is 1.18 bits per heavy atom. The van der Waals surface area contributed by atoms with Crippen molar-refractivity contribution in [1.29, 1.82) is 0 Å². The van der Waals surface area contributed by atoms with Gasteiger partial charge in [-0.05, 0) is 57.9 Å². The second-order valence-corrected chi connectivity index (χ2v) is 7.16. The van der Waals surface area contributed by atoms with Crippen molar-refractivity contribution in [1.82, 2.24) is 9.78 Å². The van der Waals surface area contributed by atoms with Gasteiger partial charge in [0, 0.05) is 17.0 Å². The smallest absolute Gasteiger partial charge is 0.238 e. The lowest BCUT2D eigenvalue weighted by atomic mass is 10.1. The average molecular weight is 317 g/mol. The van der Waals surface area contributed by atoms with Gasteiger partial charge in [0.1, 0.15) is 5.82 Å². The Labute approximate surface area is 136 Å². The number of nitrogens with zero attached hydrogens (tertiary/aromatic N) is 2. The maximum absolute atomic E-state index is 12.4. The average Bonchev–Trinajstić information content (AvgIpc) is 2.91. The van der Waals surface area contributed by atoms with E-state index in [1.54, 1.807) is 18.0 Å². The Morgan fingerprint density at radius 3 is 2.55 bits per heavy atom. The molecule has 1 N–H and O–H groups in total. The van der Waals surface area contributed by atoms with Crippen molar-refractivity contribution in [3.8, 4) is 0 Å². The fourth-order valence-corrected chi connectivity index (χ4v) is 3.06. The van der Waals surface area contributed by atoms with Crippen molar-refractivity contribution in [3.05, 3.63) is 41.6 Å². The third-order valence-corrected chi connectivity index (χ3v) is 4.66. The van der Waals surface area contributed by atoms with Gasteiger partial charge in [0.2, 0.25) is 5.91 Å². The summed E-state index contributed by atoms with van der Waals surface area (Å²) in [5, 5.41) is 7.02. The largest absolute Gasteiger partial charge is 0.310 e. The molecule has 0 saturated heterocycles. The van der Waals surface area contributed by atoms with Crippen LogP contribution in [0.3, 0.4) is 0 Å². The van der Waals surface area contributed by atoms with E-state index in [0.717, 1.165) is 10.7 Å². The van der Waals surface area contributed by atoms with E-state index in [0.29, 0.717) is 0 Å². The second-order valence-electron chi connectivity index (χ2n) is 5.75. The lowest BCUT2D eigenvalue weighted by molar-refractivity contribution is -0.115. The number of benzene rings is 1. The molecule has 1 heterocycles. The van der Waals surface area contributed by atoms with Gasteiger partial charge in [-0.1, -0.05) is 6.07 Å². The quantitative estimate of drug-likeness (QED) is 0.841. The molecule has 22 heavy (non-hydrogen) atoms. The fourth-order valence-electron chi connectivity index (χ4n) is 2.10. The molecule has 1 aromatic heterocycles. The number of amides is 1. The maximum Gasteiger partial charge on any atom is 0.238 e. The first-order valence-electron chi connectivity index (χ1n) is 7.46. The summed E-state index contributed by atoms with van der Waals surface area (Å²) in [5.74, 6) is 0.734. The highest BCUT2D eigenvalue weighted by Crippen LogP contribution is 2.26. The molecule has 0 aliphatic carbocycles. The predicted molar refractivity (Wildman–Crippen MR) is 92.5 cm³/mol. The van der Waals surface area contributed by atoms with Crippen LogP contribution in [-0.4, -0.2) is 20.9 Å². The molecule has 1 atom stereocenters. The molecule has 0 bridgehead atoms. The molecule has 0 radical (unpaired) electrons. The van der Waals surface area contributed by atoms with Crippen molar-refractivity contribution in [2.45, 2.75) is 50.8 Å². The summed E-state index contributed by atoms with van der Waals surface area (Å²) in [6, 6.07) is 8.33. The summed E-state index contributed by atoms with van der Waals surface area (Å²) in [5.41, 5.74) is 2.51. The number of hydrogen-bond acceptors (Lipinski definition) is 3. The minimum Gasteiger partial charge on any atom is -0.310 e. The normalized spacial score (nSPS) is 12.5. The van der Waals surface area contributed by atoms with Crippen molar-refractivity contribution < 1.29 is 4.79 Å². The Morgan fingerprint density at radius 2 is 1.91 bits per heavy atom. The molecule has 1 amide bonds. The highest BCUT2D eigenvalue weighted by Gasteiger charge is 2.17.